The minimum absolute atomic E-state index is 0.613. The van der Waals surface area contributed by atoms with Gasteiger partial charge in [0.15, 0.2) is 5.76 Å². The summed E-state index contributed by atoms with van der Waals surface area (Å²) < 4.78 is 11.9. The monoisotopic (exact) mass is 514 g/mol. The summed E-state index contributed by atoms with van der Waals surface area (Å²) in [5, 5.41) is 0. The van der Waals surface area contributed by atoms with Crippen molar-refractivity contribution >= 4 is 11.4 Å². The number of methoxy groups -OCH3 is 1. The van der Waals surface area contributed by atoms with E-state index in [0.717, 1.165) is 75.0 Å². The summed E-state index contributed by atoms with van der Waals surface area (Å²) in [4.78, 5) is 12.1. The number of benzene rings is 1. The van der Waals surface area contributed by atoms with Crippen molar-refractivity contribution in [2.75, 3.05) is 64.6 Å². The summed E-state index contributed by atoms with van der Waals surface area (Å²) in [6.45, 7) is 13.8. The number of anilines is 1. The zero-order chi connectivity index (χ0) is 26.3. The molecule has 1 saturated heterocycles. The van der Waals surface area contributed by atoms with E-state index in [1.807, 2.05) is 31.3 Å². The highest BCUT2D eigenvalue weighted by atomic mass is 16.5. The summed E-state index contributed by atoms with van der Waals surface area (Å²) in [7, 11) is 1.75. The van der Waals surface area contributed by atoms with Gasteiger partial charge < -0.3 is 14.4 Å². The van der Waals surface area contributed by atoms with Gasteiger partial charge in [-0.3, -0.25) is 14.8 Å². The van der Waals surface area contributed by atoms with Crippen molar-refractivity contribution in [3.05, 3.63) is 83.3 Å². The first-order chi connectivity index (χ1) is 18.7. The van der Waals surface area contributed by atoms with Gasteiger partial charge in [-0.25, -0.2) is 0 Å². The highest BCUT2D eigenvalue weighted by Crippen LogP contribution is 2.32. The lowest BCUT2D eigenvalue weighted by Gasteiger charge is -2.38. The molecule has 5 rings (SSSR count). The molecule has 0 unspecified atom stereocenters. The van der Waals surface area contributed by atoms with E-state index < -0.39 is 0 Å². The summed E-state index contributed by atoms with van der Waals surface area (Å²) in [6, 6.07) is 8.30. The minimum Gasteiger partial charge on any atom is -0.495 e. The zero-order valence-corrected chi connectivity index (χ0v) is 23.1. The smallest absolute Gasteiger partial charge is 0.152 e. The molecule has 0 atom stereocenters. The Morgan fingerprint density at radius 1 is 1.11 bits per heavy atom. The number of nitrogens with zero attached hydrogens (tertiary/aromatic N) is 4. The van der Waals surface area contributed by atoms with Crippen molar-refractivity contribution in [2.24, 2.45) is 4.99 Å². The van der Waals surface area contributed by atoms with Crippen molar-refractivity contribution in [3.63, 3.8) is 0 Å². The van der Waals surface area contributed by atoms with Crippen molar-refractivity contribution in [1.82, 2.24) is 9.80 Å². The van der Waals surface area contributed by atoms with Crippen molar-refractivity contribution in [3.8, 4) is 5.75 Å². The van der Waals surface area contributed by atoms with Crippen LogP contribution in [-0.4, -0.2) is 75.2 Å². The Kier molecular flexibility index (Phi) is 8.82. The predicted molar refractivity (Wildman–Crippen MR) is 157 cm³/mol. The molecule has 4 aliphatic rings. The first-order valence-electron chi connectivity index (χ1n) is 14.1. The van der Waals surface area contributed by atoms with Crippen LogP contribution in [0.2, 0.25) is 0 Å². The lowest BCUT2D eigenvalue weighted by Crippen LogP contribution is -2.47. The molecule has 202 valence electrons. The van der Waals surface area contributed by atoms with Crippen LogP contribution in [0.5, 0.6) is 5.75 Å². The molecule has 2 aliphatic carbocycles. The Balaban J connectivity index is 1.26. The summed E-state index contributed by atoms with van der Waals surface area (Å²) in [5.74, 6) is 1.85. The first kappa shape index (κ1) is 26.5. The number of piperazine rings is 1. The van der Waals surface area contributed by atoms with E-state index in [2.05, 4.69) is 45.6 Å². The molecule has 38 heavy (non-hydrogen) atoms. The molecule has 0 spiro atoms. The van der Waals surface area contributed by atoms with E-state index >= 15 is 0 Å². The van der Waals surface area contributed by atoms with Crippen LogP contribution >= 0.6 is 0 Å². The highest BCUT2D eigenvalue weighted by Gasteiger charge is 2.31. The van der Waals surface area contributed by atoms with Crippen LogP contribution in [0.3, 0.4) is 0 Å². The normalized spacial score (nSPS) is 22.4. The fraction of sp³-hybridized carbons (Fsp3) is 0.469. The number of para-hydroxylation sites is 2. The number of hydrogen-bond donors (Lipinski definition) is 0. The standard InChI is InChI=1S/C32H42N4O2/c1-4-15-33-31-25(2)27(22-34-17-19-36(20-18-34)29-12-8-9-13-30(29)37-3)21-28-23-35(24-38-32(28)31)16-14-26-10-6-5-7-11-26/h4,8-10,12-13,15,21H,2,5-7,11,14,16-20,22-24H2,1,3H3/b15-4-,33-31?. The molecule has 0 amide bonds. The van der Waals surface area contributed by atoms with Gasteiger partial charge in [-0.05, 0) is 62.8 Å². The van der Waals surface area contributed by atoms with E-state index in [0.29, 0.717) is 6.73 Å². The lowest BCUT2D eigenvalue weighted by atomic mass is 9.90. The molecule has 6 nitrogen and oxygen atoms in total. The van der Waals surface area contributed by atoms with Crippen LogP contribution in [0.15, 0.2) is 88.3 Å². The van der Waals surface area contributed by atoms with Crippen LogP contribution < -0.4 is 9.64 Å². The summed E-state index contributed by atoms with van der Waals surface area (Å²) in [6.07, 6.45) is 14.9. The molecular formula is C32H42N4O2. The van der Waals surface area contributed by atoms with Crippen LogP contribution in [0.4, 0.5) is 5.69 Å². The second-order valence-electron chi connectivity index (χ2n) is 10.6. The molecule has 1 fully saturated rings. The van der Waals surface area contributed by atoms with E-state index in [-0.39, 0.29) is 0 Å². The maximum Gasteiger partial charge on any atom is 0.152 e. The van der Waals surface area contributed by atoms with Gasteiger partial charge in [-0.2, -0.15) is 0 Å². The van der Waals surface area contributed by atoms with Crippen molar-refractivity contribution in [2.45, 2.75) is 39.0 Å². The number of allylic oxidation sites excluding steroid dienone is 3. The lowest BCUT2D eigenvalue weighted by molar-refractivity contribution is 0.0688. The van der Waals surface area contributed by atoms with Gasteiger partial charge in [0.1, 0.15) is 18.2 Å². The summed E-state index contributed by atoms with van der Waals surface area (Å²) in [5.41, 5.74) is 7.14. The van der Waals surface area contributed by atoms with Crippen LogP contribution in [0, 0.1) is 0 Å². The van der Waals surface area contributed by atoms with Gasteiger partial charge in [0, 0.05) is 63.2 Å². The fourth-order valence-electron chi connectivity index (χ4n) is 5.81. The minimum atomic E-state index is 0.613. The summed E-state index contributed by atoms with van der Waals surface area (Å²) >= 11 is 0. The quantitative estimate of drug-likeness (QED) is 0.415. The van der Waals surface area contributed by atoms with Crippen LogP contribution in [0.25, 0.3) is 0 Å². The van der Waals surface area contributed by atoms with Crippen LogP contribution in [-0.2, 0) is 4.74 Å². The Morgan fingerprint density at radius 2 is 1.95 bits per heavy atom. The number of hydrogen-bond acceptors (Lipinski definition) is 6. The maximum atomic E-state index is 6.32. The maximum absolute atomic E-state index is 6.32. The van der Waals surface area contributed by atoms with Gasteiger partial charge in [-0.1, -0.05) is 36.4 Å². The average Bonchev–Trinajstić information content (AvgIpc) is 2.97. The first-order valence-corrected chi connectivity index (χ1v) is 14.1. The van der Waals surface area contributed by atoms with E-state index in [1.165, 1.54) is 42.5 Å². The van der Waals surface area contributed by atoms with Gasteiger partial charge >= 0.3 is 0 Å². The topological polar surface area (TPSA) is 40.5 Å². The number of ether oxygens (including phenoxy) is 2. The molecule has 0 N–H and O–H groups in total. The Labute approximate surface area is 228 Å². The van der Waals surface area contributed by atoms with E-state index in [4.69, 9.17) is 14.5 Å². The third-order valence-electron chi connectivity index (χ3n) is 7.99. The Bertz CT molecular complexity index is 1170. The Hall–Kier alpha value is -3.09. The van der Waals surface area contributed by atoms with Crippen LogP contribution in [0.1, 0.15) is 39.0 Å². The fourth-order valence-corrected chi connectivity index (χ4v) is 5.81. The van der Waals surface area contributed by atoms with Crippen molar-refractivity contribution in [1.29, 1.82) is 0 Å². The van der Waals surface area contributed by atoms with Gasteiger partial charge in [0.2, 0.25) is 0 Å². The number of aliphatic imine (C=N–C) groups is 1. The molecule has 2 heterocycles. The highest BCUT2D eigenvalue weighted by molar-refractivity contribution is 6.16. The van der Waals surface area contributed by atoms with E-state index in [9.17, 15) is 0 Å². The molecule has 0 bridgehead atoms. The third kappa shape index (κ3) is 6.13. The number of rotatable bonds is 8. The second kappa shape index (κ2) is 12.6. The van der Waals surface area contributed by atoms with E-state index in [1.54, 1.807) is 12.7 Å². The van der Waals surface area contributed by atoms with Gasteiger partial charge in [0.25, 0.3) is 0 Å². The van der Waals surface area contributed by atoms with Gasteiger partial charge in [0.05, 0.1) is 12.8 Å². The largest absolute Gasteiger partial charge is 0.495 e. The molecule has 1 aromatic rings. The zero-order valence-electron chi connectivity index (χ0n) is 23.1. The Morgan fingerprint density at radius 3 is 2.71 bits per heavy atom. The molecule has 2 aliphatic heterocycles. The SMILES string of the molecule is C=C1C(CN2CCN(c3ccccc3OC)CC2)=CC2=C(OCN(CCC3=CCCCC3)C2)C1=N/C=C\C. The van der Waals surface area contributed by atoms with Gasteiger partial charge in [-0.15, -0.1) is 0 Å². The predicted octanol–water partition coefficient (Wildman–Crippen LogP) is 5.72. The third-order valence-corrected chi connectivity index (χ3v) is 7.99. The molecule has 1 aromatic carbocycles. The molecule has 0 saturated carbocycles. The second-order valence-corrected chi connectivity index (χ2v) is 10.6. The molecule has 6 heteroatoms. The average molecular weight is 515 g/mol. The van der Waals surface area contributed by atoms with Crippen molar-refractivity contribution < 1.29 is 9.47 Å². The molecule has 0 radical (unpaired) electrons. The molecule has 0 aromatic heterocycles. The molecular weight excluding hydrogens is 472 g/mol.